The molecule has 0 radical (unpaired) electrons. The van der Waals surface area contributed by atoms with Gasteiger partial charge >= 0.3 is 0 Å². The minimum Gasteiger partial charge on any atom is -0.367 e. The lowest BCUT2D eigenvalue weighted by atomic mass is 9.97. The van der Waals surface area contributed by atoms with Gasteiger partial charge in [0.1, 0.15) is 0 Å². The van der Waals surface area contributed by atoms with E-state index < -0.39 is 0 Å². The largest absolute Gasteiger partial charge is 0.367 e. The molecule has 110 valence electrons. The first-order chi connectivity index (χ1) is 10.9. The Morgan fingerprint density at radius 1 is 1.00 bits per heavy atom. The summed E-state index contributed by atoms with van der Waals surface area (Å²) in [4.78, 5) is 5.62. The number of fused-ring (bicyclic) bond motifs is 1. The van der Waals surface area contributed by atoms with Crippen molar-refractivity contribution in [1.29, 1.82) is 0 Å². The molecule has 0 bridgehead atoms. The molecule has 1 aromatic heterocycles. The molecule has 0 unspecified atom stereocenters. The summed E-state index contributed by atoms with van der Waals surface area (Å²) < 4.78 is 0. The molecule has 2 heteroatoms. The lowest BCUT2D eigenvalue weighted by molar-refractivity contribution is 0.294. The summed E-state index contributed by atoms with van der Waals surface area (Å²) in [6.45, 7) is 3.20. The molecule has 2 nitrogen and oxygen atoms in total. The number of H-pyrrole nitrogens is 1. The topological polar surface area (TPSA) is 19.0 Å². The van der Waals surface area contributed by atoms with Crippen LogP contribution in [0.4, 0.5) is 0 Å². The highest BCUT2D eigenvalue weighted by Gasteiger charge is 2.13. The van der Waals surface area contributed by atoms with E-state index in [9.17, 15) is 0 Å². The van der Waals surface area contributed by atoms with Gasteiger partial charge in [0, 0.05) is 32.0 Å². The van der Waals surface area contributed by atoms with Crippen LogP contribution in [0.2, 0.25) is 0 Å². The molecule has 2 heterocycles. The molecule has 1 aliphatic rings. The van der Waals surface area contributed by atoms with Crippen molar-refractivity contribution < 1.29 is 0 Å². The van der Waals surface area contributed by atoms with E-state index in [0.29, 0.717) is 0 Å². The number of hydrogen-bond acceptors (Lipinski definition) is 1. The average molecular weight is 288 g/mol. The van der Waals surface area contributed by atoms with Crippen LogP contribution in [-0.2, 0) is 6.54 Å². The number of nitrogens with zero attached hydrogens (tertiary/aromatic N) is 1. The van der Waals surface area contributed by atoms with Gasteiger partial charge in [-0.3, -0.25) is 4.90 Å². The Bertz CT molecular complexity index is 799. The molecular weight excluding hydrogens is 268 g/mol. The molecule has 4 rings (SSSR count). The maximum Gasteiger partial charge on any atom is 0.0252 e. The standard InChI is InChI=1S/C20H20N2/c1-2-4-19-13-20(6-5-17(19)3-1)18-8-11-22(12-9-18)15-16-7-10-21-14-16/h1-8,10,13-14,21H,9,11-12,15H2. The summed E-state index contributed by atoms with van der Waals surface area (Å²) in [5.74, 6) is 0. The third-order valence-corrected chi connectivity index (χ3v) is 4.48. The molecule has 2 aromatic carbocycles. The van der Waals surface area contributed by atoms with E-state index in [2.05, 4.69) is 70.7 Å². The SMILES string of the molecule is C1=C(c2ccc3ccccc3c2)CCN(Cc2cc[nH]c2)C1. The Morgan fingerprint density at radius 3 is 2.68 bits per heavy atom. The number of nitrogens with one attached hydrogen (secondary N) is 1. The molecule has 0 saturated carbocycles. The number of rotatable bonds is 3. The summed E-state index contributed by atoms with van der Waals surface area (Å²) in [7, 11) is 0. The Morgan fingerprint density at radius 2 is 1.91 bits per heavy atom. The summed E-state index contributed by atoms with van der Waals surface area (Å²) in [5, 5.41) is 2.65. The first kappa shape index (κ1) is 13.4. The van der Waals surface area contributed by atoms with Crippen molar-refractivity contribution >= 4 is 16.3 Å². The molecule has 3 aromatic rings. The van der Waals surface area contributed by atoms with Crippen molar-refractivity contribution in [2.45, 2.75) is 13.0 Å². The first-order valence-electron chi connectivity index (χ1n) is 7.91. The second-order valence-electron chi connectivity index (χ2n) is 6.00. The van der Waals surface area contributed by atoms with Crippen LogP contribution in [0.15, 0.2) is 67.0 Å². The molecule has 1 N–H and O–H groups in total. The first-order valence-corrected chi connectivity index (χ1v) is 7.91. The van der Waals surface area contributed by atoms with Gasteiger partial charge in [-0.05, 0) is 46.0 Å². The maximum absolute atomic E-state index is 3.13. The van der Waals surface area contributed by atoms with E-state index in [-0.39, 0.29) is 0 Å². The molecule has 0 spiro atoms. The predicted molar refractivity (Wildman–Crippen MR) is 92.6 cm³/mol. The number of benzene rings is 2. The zero-order valence-electron chi connectivity index (χ0n) is 12.6. The second-order valence-corrected chi connectivity index (χ2v) is 6.00. The van der Waals surface area contributed by atoms with Crippen LogP contribution in [-0.4, -0.2) is 23.0 Å². The van der Waals surface area contributed by atoms with E-state index in [1.165, 1.54) is 27.5 Å². The molecular formula is C20H20N2. The maximum atomic E-state index is 3.13. The number of hydrogen-bond donors (Lipinski definition) is 1. The van der Waals surface area contributed by atoms with E-state index in [0.717, 1.165) is 26.1 Å². The van der Waals surface area contributed by atoms with Crippen molar-refractivity contribution in [2.24, 2.45) is 0 Å². The quantitative estimate of drug-likeness (QED) is 0.754. The van der Waals surface area contributed by atoms with Gasteiger partial charge in [-0.25, -0.2) is 0 Å². The summed E-state index contributed by atoms with van der Waals surface area (Å²) in [5.41, 5.74) is 4.22. The van der Waals surface area contributed by atoms with Crippen molar-refractivity contribution in [1.82, 2.24) is 9.88 Å². The highest BCUT2D eigenvalue weighted by molar-refractivity contribution is 5.86. The fraction of sp³-hybridized carbons (Fsp3) is 0.200. The van der Waals surface area contributed by atoms with E-state index in [1.807, 2.05) is 6.20 Å². The predicted octanol–water partition coefficient (Wildman–Crippen LogP) is 4.46. The number of aromatic nitrogens is 1. The van der Waals surface area contributed by atoms with Crippen LogP contribution in [0, 0.1) is 0 Å². The molecule has 0 amide bonds. The summed E-state index contributed by atoms with van der Waals surface area (Å²) in [6, 6.07) is 17.5. The zero-order valence-corrected chi connectivity index (χ0v) is 12.6. The molecule has 0 atom stereocenters. The van der Waals surface area contributed by atoms with E-state index in [4.69, 9.17) is 0 Å². The van der Waals surface area contributed by atoms with Crippen LogP contribution >= 0.6 is 0 Å². The average Bonchev–Trinajstić information content (AvgIpc) is 3.08. The van der Waals surface area contributed by atoms with Gasteiger partial charge in [0.15, 0.2) is 0 Å². The zero-order chi connectivity index (χ0) is 14.8. The molecule has 22 heavy (non-hydrogen) atoms. The molecule has 1 aliphatic heterocycles. The Balaban J connectivity index is 1.52. The van der Waals surface area contributed by atoms with Crippen molar-refractivity contribution in [3.63, 3.8) is 0 Å². The van der Waals surface area contributed by atoms with Gasteiger partial charge in [-0.1, -0.05) is 42.5 Å². The normalized spacial score (nSPS) is 15.9. The van der Waals surface area contributed by atoms with Crippen molar-refractivity contribution in [3.8, 4) is 0 Å². The summed E-state index contributed by atoms with van der Waals surface area (Å²) >= 11 is 0. The van der Waals surface area contributed by atoms with Gasteiger partial charge in [-0.15, -0.1) is 0 Å². The van der Waals surface area contributed by atoms with Crippen LogP contribution in [0.25, 0.3) is 16.3 Å². The molecule has 0 aliphatic carbocycles. The Kier molecular flexibility index (Phi) is 3.53. The number of aromatic amines is 1. The van der Waals surface area contributed by atoms with Gasteiger partial charge in [0.05, 0.1) is 0 Å². The minimum atomic E-state index is 1.03. The highest BCUT2D eigenvalue weighted by atomic mass is 15.1. The van der Waals surface area contributed by atoms with Crippen LogP contribution in [0.3, 0.4) is 0 Å². The minimum absolute atomic E-state index is 1.03. The third kappa shape index (κ3) is 2.70. The lowest BCUT2D eigenvalue weighted by Crippen LogP contribution is -2.27. The van der Waals surface area contributed by atoms with Crippen LogP contribution < -0.4 is 0 Å². The van der Waals surface area contributed by atoms with Gasteiger partial charge in [0.2, 0.25) is 0 Å². The second kappa shape index (κ2) is 5.82. The van der Waals surface area contributed by atoms with Crippen LogP contribution in [0.5, 0.6) is 0 Å². The van der Waals surface area contributed by atoms with Crippen LogP contribution in [0.1, 0.15) is 17.5 Å². The fourth-order valence-corrected chi connectivity index (χ4v) is 3.22. The van der Waals surface area contributed by atoms with Crippen molar-refractivity contribution in [3.05, 3.63) is 78.1 Å². The van der Waals surface area contributed by atoms with Gasteiger partial charge < -0.3 is 4.98 Å². The van der Waals surface area contributed by atoms with Gasteiger partial charge in [-0.2, -0.15) is 0 Å². The Labute approximate surface area is 131 Å². The highest BCUT2D eigenvalue weighted by Crippen LogP contribution is 2.26. The Hall–Kier alpha value is -2.32. The molecule has 0 fully saturated rings. The fourth-order valence-electron chi connectivity index (χ4n) is 3.22. The monoisotopic (exact) mass is 288 g/mol. The van der Waals surface area contributed by atoms with E-state index >= 15 is 0 Å². The lowest BCUT2D eigenvalue weighted by Gasteiger charge is -2.26. The molecule has 0 saturated heterocycles. The smallest absolute Gasteiger partial charge is 0.0252 e. The van der Waals surface area contributed by atoms with Gasteiger partial charge in [0.25, 0.3) is 0 Å². The van der Waals surface area contributed by atoms with E-state index in [1.54, 1.807) is 0 Å². The summed E-state index contributed by atoms with van der Waals surface area (Å²) in [6.07, 6.45) is 7.60. The van der Waals surface area contributed by atoms with Crippen molar-refractivity contribution in [2.75, 3.05) is 13.1 Å². The third-order valence-electron chi connectivity index (χ3n) is 4.48.